The van der Waals surface area contributed by atoms with Gasteiger partial charge in [0.25, 0.3) is 0 Å². The highest BCUT2D eigenvalue weighted by Crippen LogP contribution is 2.03. The van der Waals surface area contributed by atoms with Crippen LogP contribution in [0, 0.1) is 0 Å². The van der Waals surface area contributed by atoms with E-state index in [1.165, 1.54) is 19.4 Å². The van der Waals surface area contributed by atoms with Crippen LogP contribution in [0.25, 0.3) is 0 Å². The fraction of sp³-hybridized carbons (Fsp3) is 1.00. The lowest BCUT2D eigenvalue weighted by atomic mass is 10.2. The van der Waals surface area contributed by atoms with E-state index in [2.05, 4.69) is 30.2 Å². The number of hydrogen-bond donors (Lipinski definition) is 3. The maximum absolute atomic E-state index is 4.23. The van der Waals surface area contributed by atoms with Gasteiger partial charge in [-0.15, -0.1) is 0 Å². The predicted octanol–water partition coefficient (Wildman–Crippen LogP) is 0.604. The van der Waals surface area contributed by atoms with Gasteiger partial charge in [-0.25, -0.2) is 0 Å². The van der Waals surface area contributed by atoms with E-state index in [4.69, 9.17) is 0 Å². The molecule has 10 heavy (non-hydrogen) atoms. The highest BCUT2D eigenvalue weighted by Gasteiger charge is 2.12. The zero-order valence-corrected chi connectivity index (χ0v) is 7.32. The summed E-state index contributed by atoms with van der Waals surface area (Å²) < 4.78 is 0. The second-order valence-corrected chi connectivity index (χ2v) is 3.65. The molecule has 1 fully saturated rings. The maximum Gasteiger partial charge on any atom is 0.0474 e. The molecule has 0 aliphatic carbocycles. The third-order valence-electron chi connectivity index (χ3n) is 1.82. The molecule has 0 saturated carbocycles. The van der Waals surface area contributed by atoms with Gasteiger partial charge in [-0.05, 0) is 26.3 Å². The fourth-order valence-corrected chi connectivity index (χ4v) is 1.35. The van der Waals surface area contributed by atoms with E-state index in [0.29, 0.717) is 11.4 Å². The third kappa shape index (κ3) is 2.90. The average Bonchev–Trinajstić information content (AvgIpc) is 2.34. The molecule has 1 aliphatic heterocycles. The van der Waals surface area contributed by atoms with E-state index in [1.54, 1.807) is 0 Å². The van der Waals surface area contributed by atoms with Gasteiger partial charge in [0.15, 0.2) is 0 Å². The maximum atomic E-state index is 4.23. The predicted molar refractivity (Wildman–Crippen MR) is 47.5 cm³/mol. The molecule has 1 saturated heterocycles. The summed E-state index contributed by atoms with van der Waals surface area (Å²) in [5.41, 5.74) is 0. The first-order chi connectivity index (χ1) is 4.79. The standard InChI is InChI=1S/C7H16N2S/c1-6(10)9-5-7-3-2-4-8-7/h6-10H,2-5H2,1H3. The van der Waals surface area contributed by atoms with Crippen molar-refractivity contribution in [1.82, 2.24) is 10.6 Å². The van der Waals surface area contributed by atoms with Crippen LogP contribution >= 0.6 is 12.6 Å². The second kappa shape index (κ2) is 4.21. The Kier molecular flexibility index (Phi) is 3.52. The van der Waals surface area contributed by atoms with Crippen molar-refractivity contribution >= 4 is 12.6 Å². The first-order valence-electron chi connectivity index (χ1n) is 3.94. The Balaban J connectivity index is 2.01. The molecule has 60 valence electrons. The summed E-state index contributed by atoms with van der Waals surface area (Å²) in [5, 5.41) is 7.03. The molecule has 1 rings (SSSR count). The Labute approximate surface area is 68.2 Å². The molecule has 2 N–H and O–H groups in total. The van der Waals surface area contributed by atoms with Gasteiger partial charge < -0.3 is 10.6 Å². The van der Waals surface area contributed by atoms with Gasteiger partial charge in [0.2, 0.25) is 0 Å². The highest BCUT2D eigenvalue weighted by atomic mass is 32.1. The summed E-state index contributed by atoms with van der Waals surface area (Å²) in [6, 6.07) is 0.689. The van der Waals surface area contributed by atoms with Gasteiger partial charge in [0.05, 0.1) is 0 Å². The van der Waals surface area contributed by atoms with Gasteiger partial charge in [0, 0.05) is 18.0 Å². The monoisotopic (exact) mass is 160 g/mol. The fourth-order valence-electron chi connectivity index (χ4n) is 1.24. The molecule has 1 aliphatic rings. The van der Waals surface area contributed by atoms with E-state index in [0.717, 1.165) is 6.54 Å². The Morgan fingerprint density at radius 2 is 2.60 bits per heavy atom. The molecule has 0 aromatic carbocycles. The molecule has 2 unspecified atom stereocenters. The topological polar surface area (TPSA) is 24.1 Å². The molecule has 2 atom stereocenters. The summed E-state index contributed by atoms with van der Waals surface area (Å²) in [6.45, 7) is 4.30. The van der Waals surface area contributed by atoms with Crippen LogP contribution in [0.15, 0.2) is 0 Å². The molecular weight excluding hydrogens is 144 g/mol. The summed E-state index contributed by atoms with van der Waals surface area (Å²) in [6.07, 6.45) is 2.64. The normalized spacial score (nSPS) is 28.8. The van der Waals surface area contributed by atoms with E-state index < -0.39 is 0 Å². The smallest absolute Gasteiger partial charge is 0.0474 e. The molecule has 0 amide bonds. The summed E-state index contributed by atoms with van der Waals surface area (Å²) in [7, 11) is 0. The Hall–Kier alpha value is 0.270. The van der Waals surface area contributed by atoms with Crippen LogP contribution in [0.3, 0.4) is 0 Å². The van der Waals surface area contributed by atoms with Crippen LogP contribution in [0.4, 0.5) is 0 Å². The van der Waals surface area contributed by atoms with Crippen LogP contribution < -0.4 is 10.6 Å². The minimum Gasteiger partial charge on any atom is -0.313 e. The molecule has 0 bridgehead atoms. The summed E-state index contributed by atoms with van der Waals surface area (Å²) in [5.74, 6) is 0. The number of nitrogens with one attached hydrogen (secondary N) is 2. The van der Waals surface area contributed by atoms with Crippen LogP contribution in [0.5, 0.6) is 0 Å². The molecule has 2 nitrogen and oxygen atoms in total. The van der Waals surface area contributed by atoms with Crippen LogP contribution in [-0.2, 0) is 0 Å². The minimum absolute atomic E-state index is 0.322. The first-order valence-corrected chi connectivity index (χ1v) is 4.45. The zero-order valence-electron chi connectivity index (χ0n) is 6.43. The lowest BCUT2D eigenvalue weighted by molar-refractivity contribution is 0.536. The zero-order chi connectivity index (χ0) is 7.40. The number of thiol groups is 1. The van der Waals surface area contributed by atoms with Crippen molar-refractivity contribution in [3.05, 3.63) is 0 Å². The molecule has 1 heterocycles. The first kappa shape index (κ1) is 8.37. The van der Waals surface area contributed by atoms with Crippen LogP contribution in [-0.4, -0.2) is 24.5 Å². The van der Waals surface area contributed by atoms with Crippen molar-refractivity contribution in [3.63, 3.8) is 0 Å². The van der Waals surface area contributed by atoms with Crippen molar-refractivity contribution < 1.29 is 0 Å². The van der Waals surface area contributed by atoms with Crippen molar-refractivity contribution in [1.29, 1.82) is 0 Å². The Morgan fingerprint density at radius 3 is 3.10 bits per heavy atom. The third-order valence-corrected chi connectivity index (χ3v) is 2.00. The summed E-state index contributed by atoms with van der Waals surface area (Å²) in [4.78, 5) is 0. The van der Waals surface area contributed by atoms with Gasteiger partial charge in [-0.3, -0.25) is 0 Å². The van der Waals surface area contributed by atoms with Crippen molar-refractivity contribution in [2.24, 2.45) is 0 Å². The second-order valence-electron chi connectivity index (χ2n) is 2.88. The van der Waals surface area contributed by atoms with Crippen LogP contribution in [0.2, 0.25) is 0 Å². The lowest BCUT2D eigenvalue weighted by Crippen LogP contribution is -2.36. The van der Waals surface area contributed by atoms with Gasteiger partial charge in [0.1, 0.15) is 0 Å². The van der Waals surface area contributed by atoms with E-state index in [-0.39, 0.29) is 0 Å². The number of rotatable bonds is 3. The largest absolute Gasteiger partial charge is 0.313 e. The van der Waals surface area contributed by atoms with Crippen molar-refractivity contribution in [2.45, 2.75) is 31.2 Å². The Bertz CT molecular complexity index is 89.6. The molecule has 0 aromatic rings. The van der Waals surface area contributed by atoms with Gasteiger partial charge in [-0.2, -0.15) is 12.6 Å². The minimum atomic E-state index is 0.322. The SMILES string of the molecule is CC(S)NCC1CCCN1. The summed E-state index contributed by atoms with van der Waals surface area (Å²) >= 11 is 4.23. The quantitative estimate of drug-likeness (QED) is 0.416. The molecule has 3 heteroatoms. The van der Waals surface area contributed by atoms with E-state index in [9.17, 15) is 0 Å². The number of hydrogen-bond acceptors (Lipinski definition) is 3. The van der Waals surface area contributed by atoms with Gasteiger partial charge in [-0.1, -0.05) is 0 Å². The van der Waals surface area contributed by atoms with E-state index >= 15 is 0 Å². The molecule has 0 radical (unpaired) electrons. The van der Waals surface area contributed by atoms with E-state index in [1.807, 2.05) is 0 Å². The molecule has 0 aromatic heterocycles. The van der Waals surface area contributed by atoms with Gasteiger partial charge >= 0.3 is 0 Å². The van der Waals surface area contributed by atoms with Crippen molar-refractivity contribution in [2.75, 3.05) is 13.1 Å². The highest BCUT2D eigenvalue weighted by molar-refractivity contribution is 7.80. The van der Waals surface area contributed by atoms with Crippen molar-refractivity contribution in [3.8, 4) is 0 Å². The lowest BCUT2D eigenvalue weighted by Gasteiger charge is -2.12. The van der Waals surface area contributed by atoms with Crippen LogP contribution in [0.1, 0.15) is 19.8 Å². The Morgan fingerprint density at radius 1 is 1.80 bits per heavy atom. The molecular formula is C7H16N2S. The average molecular weight is 160 g/mol. The molecule has 0 spiro atoms.